The zero-order valence-electron chi connectivity index (χ0n) is 10.4. The number of hydrogen-bond donors (Lipinski definition) is 2. The van der Waals surface area contributed by atoms with Gasteiger partial charge >= 0.3 is 0 Å². The summed E-state index contributed by atoms with van der Waals surface area (Å²) < 4.78 is 5.53. The molecule has 0 bridgehead atoms. The van der Waals surface area contributed by atoms with Gasteiger partial charge in [-0.15, -0.1) is 0 Å². The third kappa shape index (κ3) is 7.88. The van der Waals surface area contributed by atoms with Crippen molar-refractivity contribution in [1.29, 1.82) is 0 Å². The fraction of sp³-hybridized carbons (Fsp3) is 0.917. The van der Waals surface area contributed by atoms with Crippen molar-refractivity contribution in [2.45, 2.75) is 33.1 Å². The van der Waals surface area contributed by atoms with Gasteiger partial charge in [0.2, 0.25) is 0 Å². The van der Waals surface area contributed by atoms with Gasteiger partial charge in [-0.1, -0.05) is 13.8 Å². The Kier molecular flexibility index (Phi) is 6.73. The van der Waals surface area contributed by atoms with Gasteiger partial charge in [0, 0.05) is 26.3 Å². The van der Waals surface area contributed by atoms with Crippen LogP contribution >= 0.6 is 12.2 Å². The van der Waals surface area contributed by atoms with Gasteiger partial charge < -0.3 is 15.4 Å². The van der Waals surface area contributed by atoms with E-state index in [1.807, 2.05) is 0 Å². The highest BCUT2D eigenvalue weighted by atomic mass is 32.1. The molecule has 0 saturated heterocycles. The summed E-state index contributed by atoms with van der Waals surface area (Å²) in [5, 5.41) is 7.12. The van der Waals surface area contributed by atoms with Crippen LogP contribution in [0.25, 0.3) is 0 Å². The number of nitrogens with one attached hydrogen (secondary N) is 2. The van der Waals surface area contributed by atoms with E-state index in [4.69, 9.17) is 17.0 Å². The second kappa shape index (κ2) is 7.85. The molecule has 0 aliphatic heterocycles. The van der Waals surface area contributed by atoms with Gasteiger partial charge in [0.25, 0.3) is 0 Å². The minimum absolute atomic E-state index is 0.627. The highest BCUT2D eigenvalue weighted by Gasteiger charge is 2.20. The maximum absolute atomic E-state index is 5.53. The Labute approximate surface area is 104 Å². The molecular formula is C12H24N2OS. The van der Waals surface area contributed by atoms with E-state index in [-0.39, 0.29) is 0 Å². The van der Waals surface area contributed by atoms with E-state index in [9.17, 15) is 0 Å². The first-order chi connectivity index (χ1) is 7.68. The molecule has 1 aliphatic carbocycles. The van der Waals surface area contributed by atoms with E-state index in [0.29, 0.717) is 5.92 Å². The molecule has 0 aromatic rings. The highest BCUT2D eigenvalue weighted by Crippen LogP contribution is 2.28. The van der Waals surface area contributed by atoms with Crippen molar-refractivity contribution in [2.75, 3.05) is 26.3 Å². The lowest BCUT2D eigenvalue weighted by Crippen LogP contribution is -2.37. The molecule has 1 saturated carbocycles. The Balaban J connectivity index is 1.80. The number of ether oxygens (including phenoxy) is 1. The Bertz CT molecular complexity index is 205. The molecular weight excluding hydrogens is 220 g/mol. The molecule has 4 heteroatoms. The van der Waals surface area contributed by atoms with Crippen molar-refractivity contribution in [3.63, 3.8) is 0 Å². The predicted molar refractivity (Wildman–Crippen MR) is 71.6 cm³/mol. The van der Waals surface area contributed by atoms with E-state index in [0.717, 1.165) is 43.8 Å². The van der Waals surface area contributed by atoms with E-state index in [2.05, 4.69) is 24.5 Å². The van der Waals surface area contributed by atoms with Gasteiger partial charge in [-0.3, -0.25) is 0 Å². The van der Waals surface area contributed by atoms with E-state index >= 15 is 0 Å². The maximum atomic E-state index is 5.53. The summed E-state index contributed by atoms with van der Waals surface area (Å²) in [4.78, 5) is 0. The molecule has 16 heavy (non-hydrogen) atoms. The summed E-state index contributed by atoms with van der Waals surface area (Å²) in [5.74, 6) is 1.49. The summed E-state index contributed by atoms with van der Waals surface area (Å²) in [6, 6.07) is 0. The number of rotatable bonds is 8. The fourth-order valence-corrected chi connectivity index (χ4v) is 1.46. The summed E-state index contributed by atoms with van der Waals surface area (Å²) >= 11 is 5.14. The molecule has 0 aromatic carbocycles. The zero-order chi connectivity index (χ0) is 11.8. The minimum atomic E-state index is 0.627. The molecule has 0 radical (unpaired) electrons. The molecule has 0 spiro atoms. The van der Waals surface area contributed by atoms with Crippen LogP contribution in [0.4, 0.5) is 0 Å². The van der Waals surface area contributed by atoms with Crippen LogP contribution in [-0.2, 0) is 4.74 Å². The molecule has 0 unspecified atom stereocenters. The number of thiocarbonyl (C=S) groups is 1. The third-order valence-electron chi connectivity index (χ3n) is 2.47. The monoisotopic (exact) mass is 244 g/mol. The minimum Gasteiger partial charge on any atom is -0.381 e. The smallest absolute Gasteiger partial charge is 0.166 e. The molecule has 3 nitrogen and oxygen atoms in total. The van der Waals surface area contributed by atoms with Crippen LogP contribution in [0, 0.1) is 11.8 Å². The Morgan fingerprint density at radius 2 is 2.12 bits per heavy atom. The van der Waals surface area contributed by atoms with Gasteiger partial charge in [-0.05, 0) is 43.3 Å². The molecule has 1 rings (SSSR count). The molecule has 94 valence electrons. The van der Waals surface area contributed by atoms with Crippen molar-refractivity contribution in [3.05, 3.63) is 0 Å². The van der Waals surface area contributed by atoms with Gasteiger partial charge in [0.05, 0.1) is 0 Å². The Hall–Kier alpha value is -0.350. The SMILES string of the molecule is CC(C)CNC(=S)NCCCOCC1CC1. The first-order valence-corrected chi connectivity index (χ1v) is 6.68. The van der Waals surface area contributed by atoms with Crippen LogP contribution in [0.1, 0.15) is 33.1 Å². The van der Waals surface area contributed by atoms with Crippen LogP contribution in [-0.4, -0.2) is 31.4 Å². The first-order valence-electron chi connectivity index (χ1n) is 6.28. The summed E-state index contributed by atoms with van der Waals surface area (Å²) in [6.07, 6.45) is 3.75. The second-order valence-electron chi connectivity index (χ2n) is 4.90. The molecule has 0 atom stereocenters. The lowest BCUT2D eigenvalue weighted by Gasteiger charge is -2.12. The normalized spacial score (nSPS) is 15.2. The van der Waals surface area contributed by atoms with Crippen molar-refractivity contribution < 1.29 is 4.74 Å². The molecule has 1 aliphatic rings. The van der Waals surface area contributed by atoms with Crippen molar-refractivity contribution in [3.8, 4) is 0 Å². The maximum Gasteiger partial charge on any atom is 0.166 e. The Morgan fingerprint density at radius 3 is 2.75 bits per heavy atom. The standard InChI is InChI=1S/C12H24N2OS/c1-10(2)8-14-12(16)13-6-3-7-15-9-11-4-5-11/h10-11H,3-9H2,1-2H3,(H2,13,14,16). The second-order valence-corrected chi connectivity index (χ2v) is 5.31. The van der Waals surface area contributed by atoms with E-state index in [1.54, 1.807) is 0 Å². The van der Waals surface area contributed by atoms with Crippen LogP contribution in [0.5, 0.6) is 0 Å². The van der Waals surface area contributed by atoms with Crippen LogP contribution in [0.3, 0.4) is 0 Å². The fourth-order valence-electron chi connectivity index (χ4n) is 1.27. The van der Waals surface area contributed by atoms with E-state index in [1.165, 1.54) is 12.8 Å². The highest BCUT2D eigenvalue weighted by molar-refractivity contribution is 7.80. The topological polar surface area (TPSA) is 33.3 Å². The number of hydrogen-bond acceptors (Lipinski definition) is 2. The molecule has 0 aromatic heterocycles. The van der Waals surface area contributed by atoms with Crippen LogP contribution < -0.4 is 10.6 Å². The predicted octanol–water partition coefficient (Wildman–Crippen LogP) is 1.92. The quantitative estimate of drug-likeness (QED) is 0.505. The third-order valence-corrected chi connectivity index (χ3v) is 2.76. The summed E-state index contributed by atoms with van der Waals surface area (Å²) in [7, 11) is 0. The van der Waals surface area contributed by atoms with Gasteiger partial charge in [-0.25, -0.2) is 0 Å². The molecule has 2 N–H and O–H groups in total. The summed E-state index contributed by atoms with van der Waals surface area (Å²) in [6.45, 7) is 7.97. The van der Waals surface area contributed by atoms with Crippen molar-refractivity contribution in [1.82, 2.24) is 10.6 Å². The molecule has 1 fully saturated rings. The van der Waals surface area contributed by atoms with E-state index < -0.39 is 0 Å². The van der Waals surface area contributed by atoms with Crippen LogP contribution in [0.2, 0.25) is 0 Å². The molecule has 0 heterocycles. The van der Waals surface area contributed by atoms with Crippen molar-refractivity contribution in [2.24, 2.45) is 11.8 Å². The van der Waals surface area contributed by atoms with Crippen LogP contribution in [0.15, 0.2) is 0 Å². The largest absolute Gasteiger partial charge is 0.381 e. The Morgan fingerprint density at radius 1 is 1.38 bits per heavy atom. The lowest BCUT2D eigenvalue weighted by molar-refractivity contribution is 0.123. The van der Waals surface area contributed by atoms with Gasteiger partial charge in [-0.2, -0.15) is 0 Å². The first kappa shape index (κ1) is 13.7. The average molecular weight is 244 g/mol. The molecule has 0 amide bonds. The van der Waals surface area contributed by atoms with Gasteiger partial charge in [0.1, 0.15) is 0 Å². The zero-order valence-corrected chi connectivity index (χ0v) is 11.2. The average Bonchev–Trinajstić information content (AvgIpc) is 3.04. The van der Waals surface area contributed by atoms with Gasteiger partial charge in [0.15, 0.2) is 5.11 Å². The summed E-state index contributed by atoms with van der Waals surface area (Å²) in [5.41, 5.74) is 0. The lowest BCUT2D eigenvalue weighted by atomic mass is 10.2. The van der Waals surface area contributed by atoms with Crippen molar-refractivity contribution >= 4 is 17.3 Å².